The van der Waals surface area contributed by atoms with Crippen molar-refractivity contribution in [1.29, 1.82) is 0 Å². The molecular formula is C15H26N4O. The number of hydrogen-bond donors (Lipinski definition) is 1. The predicted octanol–water partition coefficient (Wildman–Crippen LogP) is 1.57. The Morgan fingerprint density at radius 3 is 2.80 bits per heavy atom. The van der Waals surface area contributed by atoms with Crippen LogP contribution in [0.15, 0.2) is 12.4 Å². The van der Waals surface area contributed by atoms with Gasteiger partial charge in [0.05, 0.1) is 12.7 Å². The van der Waals surface area contributed by atoms with Gasteiger partial charge in [0.25, 0.3) is 0 Å². The van der Waals surface area contributed by atoms with Gasteiger partial charge in [-0.15, -0.1) is 0 Å². The van der Waals surface area contributed by atoms with Gasteiger partial charge in [-0.3, -0.25) is 9.48 Å². The Morgan fingerprint density at radius 2 is 2.15 bits per heavy atom. The van der Waals surface area contributed by atoms with E-state index in [9.17, 15) is 4.79 Å². The van der Waals surface area contributed by atoms with Crippen LogP contribution in [0.25, 0.3) is 0 Å². The highest BCUT2D eigenvalue weighted by molar-refractivity contribution is 5.76. The maximum Gasteiger partial charge on any atom is 0.223 e. The molecule has 1 aliphatic heterocycles. The fourth-order valence-corrected chi connectivity index (χ4v) is 2.64. The molecule has 2 rings (SSSR count). The minimum absolute atomic E-state index is 0.291. The summed E-state index contributed by atoms with van der Waals surface area (Å²) in [6.45, 7) is 7.64. The van der Waals surface area contributed by atoms with Gasteiger partial charge in [-0.1, -0.05) is 0 Å². The molecule has 1 N–H and O–H groups in total. The lowest BCUT2D eigenvalue weighted by atomic mass is 10.1. The number of carbonyl (C=O) groups excluding carboxylic acids is 1. The van der Waals surface area contributed by atoms with Gasteiger partial charge in [-0.2, -0.15) is 5.10 Å². The minimum Gasteiger partial charge on any atom is -0.343 e. The number of aromatic nitrogens is 2. The molecule has 5 heteroatoms. The van der Waals surface area contributed by atoms with Gasteiger partial charge in [0, 0.05) is 38.3 Å². The summed E-state index contributed by atoms with van der Waals surface area (Å²) in [4.78, 5) is 14.0. The molecule has 1 aliphatic rings. The van der Waals surface area contributed by atoms with Crippen LogP contribution in [0.1, 0.15) is 38.2 Å². The number of amides is 1. The van der Waals surface area contributed by atoms with E-state index in [2.05, 4.69) is 17.3 Å². The Morgan fingerprint density at radius 1 is 1.40 bits per heavy atom. The van der Waals surface area contributed by atoms with Crippen LogP contribution in [0, 0.1) is 6.92 Å². The molecule has 112 valence electrons. The van der Waals surface area contributed by atoms with Crippen LogP contribution in [-0.2, 0) is 11.3 Å². The van der Waals surface area contributed by atoms with Crippen LogP contribution in [0.4, 0.5) is 0 Å². The Balaban J connectivity index is 1.63. The van der Waals surface area contributed by atoms with Crippen LogP contribution >= 0.6 is 0 Å². The molecular weight excluding hydrogens is 252 g/mol. The lowest BCUT2D eigenvalue weighted by Crippen LogP contribution is -2.38. The van der Waals surface area contributed by atoms with Crippen molar-refractivity contribution in [1.82, 2.24) is 20.0 Å². The molecule has 1 aromatic heterocycles. The summed E-state index contributed by atoms with van der Waals surface area (Å²) in [7, 11) is 0. The van der Waals surface area contributed by atoms with Gasteiger partial charge in [0.2, 0.25) is 5.91 Å². The fraction of sp³-hybridized carbons (Fsp3) is 0.733. The maximum absolute atomic E-state index is 12.0. The molecule has 0 aliphatic carbocycles. The molecule has 0 bridgehead atoms. The van der Waals surface area contributed by atoms with Gasteiger partial charge in [-0.25, -0.2) is 0 Å². The molecule has 0 spiro atoms. The highest BCUT2D eigenvalue weighted by Gasteiger charge is 2.16. The van der Waals surface area contributed by atoms with E-state index in [-0.39, 0.29) is 0 Å². The number of hydrogen-bond acceptors (Lipinski definition) is 3. The van der Waals surface area contributed by atoms with Gasteiger partial charge >= 0.3 is 0 Å². The first-order valence-electron chi connectivity index (χ1n) is 7.65. The van der Waals surface area contributed by atoms with Crippen LogP contribution in [-0.4, -0.2) is 46.3 Å². The van der Waals surface area contributed by atoms with E-state index < -0.39 is 0 Å². The molecule has 1 fully saturated rings. The second-order valence-corrected chi connectivity index (χ2v) is 5.79. The number of nitrogens with one attached hydrogen (secondary N) is 1. The summed E-state index contributed by atoms with van der Waals surface area (Å²) in [6, 6.07) is 0.323. The van der Waals surface area contributed by atoms with Crippen LogP contribution in [0.5, 0.6) is 0 Å². The van der Waals surface area contributed by atoms with Crippen LogP contribution in [0.3, 0.4) is 0 Å². The largest absolute Gasteiger partial charge is 0.343 e. The Labute approximate surface area is 121 Å². The normalized spacial score (nSPS) is 17.2. The molecule has 1 aromatic rings. The standard InChI is InChI=1S/C15H26N4O/c1-13-10-17-19(11-13)12-14(2)16-7-6-15(20)18-8-4-3-5-9-18/h10-11,14,16H,3-9,12H2,1-2H3/t14-/m1/s1. The molecule has 20 heavy (non-hydrogen) atoms. The summed E-state index contributed by atoms with van der Waals surface area (Å²) in [5, 5.41) is 7.68. The summed E-state index contributed by atoms with van der Waals surface area (Å²) in [5.41, 5.74) is 1.18. The summed E-state index contributed by atoms with van der Waals surface area (Å²) >= 11 is 0. The number of piperidine rings is 1. The molecule has 1 amide bonds. The Kier molecular flexibility index (Phi) is 5.59. The predicted molar refractivity (Wildman–Crippen MR) is 79.5 cm³/mol. The first-order valence-corrected chi connectivity index (χ1v) is 7.65. The van der Waals surface area contributed by atoms with E-state index in [0.29, 0.717) is 18.4 Å². The zero-order valence-electron chi connectivity index (χ0n) is 12.6. The third-order valence-corrected chi connectivity index (χ3v) is 3.76. The number of aryl methyl sites for hydroxylation is 1. The van der Waals surface area contributed by atoms with Crippen molar-refractivity contribution >= 4 is 5.91 Å². The molecule has 2 heterocycles. The molecule has 0 aromatic carbocycles. The van der Waals surface area contributed by atoms with E-state index in [1.807, 2.05) is 28.9 Å². The smallest absolute Gasteiger partial charge is 0.223 e. The lowest BCUT2D eigenvalue weighted by molar-refractivity contribution is -0.132. The summed E-state index contributed by atoms with van der Waals surface area (Å²) in [5.74, 6) is 0.291. The van der Waals surface area contributed by atoms with Crippen LogP contribution in [0.2, 0.25) is 0 Å². The first-order chi connectivity index (χ1) is 9.65. The van der Waals surface area contributed by atoms with Crippen molar-refractivity contribution in [2.45, 2.75) is 52.1 Å². The fourth-order valence-electron chi connectivity index (χ4n) is 2.64. The number of likely N-dealkylation sites (tertiary alicyclic amines) is 1. The van der Waals surface area contributed by atoms with Gasteiger partial charge in [-0.05, 0) is 38.7 Å². The van der Waals surface area contributed by atoms with E-state index >= 15 is 0 Å². The third kappa shape index (κ3) is 4.63. The van der Waals surface area contributed by atoms with Gasteiger partial charge in [0.15, 0.2) is 0 Å². The van der Waals surface area contributed by atoms with Crippen LogP contribution < -0.4 is 5.32 Å². The van der Waals surface area contributed by atoms with Crippen molar-refractivity contribution in [2.24, 2.45) is 0 Å². The topological polar surface area (TPSA) is 50.2 Å². The molecule has 0 unspecified atom stereocenters. The quantitative estimate of drug-likeness (QED) is 0.859. The second kappa shape index (κ2) is 7.43. The average molecular weight is 278 g/mol. The van der Waals surface area contributed by atoms with E-state index in [1.165, 1.54) is 12.0 Å². The SMILES string of the molecule is Cc1cnn(C[C@@H](C)NCCC(=O)N2CCCCC2)c1. The zero-order valence-corrected chi connectivity index (χ0v) is 12.6. The molecule has 0 saturated carbocycles. The molecule has 5 nitrogen and oxygen atoms in total. The second-order valence-electron chi connectivity index (χ2n) is 5.79. The number of rotatable bonds is 6. The van der Waals surface area contributed by atoms with Crippen molar-refractivity contribution < 1.29 is 4.79 Å². The van der Waals surface area contributed by atoms with E-state index in [4.69, 9.17) is 0 Å². The van der Waals surface area contributed by atoms with E-state index in [0.717, 1.165) is 39.0 Å². The van der Waals surface area contributed by atoms with Gasteiger partial charge < -0.3 is 10.2 Å². The third-order valence-electron chi connectivity index (χ3n) is 3.76. The highest BCUT2D eigenvalue weighted by Crippen LogP contribution is 2.09. The zero-order chi connectivity index (χ0) is 14.4. The molecule has 1 atom stereocenters. The van der Waals surface area contributed by atoms with Crippen molar-refractivity contribution in [2.75, 3.05) is 19.6 Å². The molecule has 1 saturated heterocycles. The summed E-state index contributed by atoms with van der Waals surface area (Å²) in [6.07, 6.45) is 8.09. The highest BCUT2D eigenvalue weighted by atomic mass is 16.2. The lowest BCUT2D eigenvalue weighted by Gasteiger charge is -2.27. The molecule has 0 radical (unpaired) electrons. The average Bonchev–Trinajstić information content (AvgIpc) is 2.85. The first kappa shape index (κ1) is 15.0. The number of nitrogens with zero attached hydrogens (tertiary/aromatic N) is 3. The summed E-state index contributed by atoms with van der Waals surface area (Å²) < 4.78 is 1.94. The van der Waals surface area contributed by atoms with Gasteiger partial charge in [0.1, 0.15) is 0 Å². The van der Waals surface area contributed by atoms with Crippen molar-refractivity contribution in [3.63, 3.8) is 0 Å². The monoisotopic (exact) mass is 278 g/mol. The van der Waals surface area contributed by atoms with Crippen molar-refractivity contribution in [3.8, 4) is 0 Å². The van der Waals surface area contributed by atoms with E-state index in [1.54, 1.807) is 0 Å². The Hall–Kier alpha value is -1.36. The maximum atomic E-state index is 12.0. The minimum atomic E-state index is 0.291. The number of carbonyl (C=O) groups is 1. The van der Waals surface area contributed by atoms with Crippen molar-refractivity contribution in [3.05, 3.63) is 18.0 Å². The Bertz CT molecular complexity index is 423.